The Hall–Kier alpha value is -0.860. The summed E-state index contributed by atoms with van der Waals surface area (Å²) in [5.41, 5.74) is 1.43. The van der Waals surface area contributed by atoms with E-state index in [1.807, 2.05) is 0 Å². The minimum atomic E-state index is 0.546. The predicted molar refractivity (Wildman–Crippen MR) is 63.9 cm³/mol. The van der Waals surface area contributed by atoms with Crippen LogP contribution in [0.25, 0.3) is 0 Å². The Kier molecular flexibility index (Phi) is 3.39. The third-order valence-electron chi connectivity index (χ3n) is 3.46. The van der Waals surface area contributed by atoms with Gasteiger partial charge < -0.3 is 5.32 Å². The predicted octanol–water partition coefficient (Wildman–Crippen LogP) is 2.04. The number of benzene rings is 1. The maximum Gasteiger partial charge on any atom is 0.0320 e. The van der Waals surface area contributed by atoms with Crippen LogP contribution in [0.4, 0.5) is 0 Å². The van der Waals surface area contributed by atoms with Crippen LogP contribution in [0.1, 0.15) is 24.9 Å². The van der Waals surface area contributed by atoms with Crippen LogP contribution in [0.15, 0.2) is 30.3 Å². The molecule has 0 aliphatic carbocycles. The van der Waals surface area contributed by atoms with Crippen LogP contribution in [0.3, 0.4) is 0 Å². The summed E-state index contributed by atoms with van der Waals surface area (Å²) in [6.07, 6.45) is 1.27. The first-order valence-corrected chi connectivity index (χ1v) is 5.77. The van der Waals surface area contributed by atoms with Gasteiger partial charge in [0.05, 0.1) is 0 Å². The van der Waals surface area contributed by atoms with Crippen LogP contribution in [-0.2, 0) is 0 Å². The molecule has 0 unspecified atom stereocenters. The van der Waals surface area contributed by atoms with E-state index in [1.54, 1.807) is 0 Å². The molecule has 1 heterocycles. The molecule has 0 saturated carbocycles. The van der Waals surface area contributed by atoms with E-state index in [2.05, 4.69) is 54.5 Å². The third-order valence-corrected chi connectivity index (χ3v) is 3.46. The minimum Gasteiger partial charge on any atom is -0.316 e. The summed E-state index contributed by atoms with van der Waals surface area (Å²) >= 11 is 0. The number of likely N-dealkylation sites (N-methyl/N-ethyl adjacent to an activating group) is 1. The van der Waals surface area contributed by atoms with Crippen molar-refractivity contribution < 1.29 is 0 Å². The van der Waals surface area contributed by atoms with Gasteiger partial charge in [0.15, 0.2) is 0 Å². The molecule has 1 N–H and O–H groups in total. The number of hydrogen-bond acceptors (Lipinski definition) is 2. The molecule has 15 heavy (non-hydrogen) atoms. The highest BCUT2D eigenvalue weighted by Crippen LogP contribution is 2.24. The molecule has 1 aromatic rings. The monoisotopic (exact) mass is 204 g/mol. The molecule has 1 saturated heterocycles. The van der Waals surface area contributed by atoms with E-state index in [1.165, 1.54) is 25.1 Å². The average molecular weight is 204 g/mol. The van der Waals surface area contributed by atoms with Gasteiger partial charge in [0.2, 0.25) is 0 Å². The third kappa shape index (κ3) is 2.39. The van der Waals surface area contributed by atoms with E-state index < -0.39 is 0 Å². The van der Waals surface area contributed by atoms with Gasteiger partial charge in [0.25, 0.3) is 0 Å². The van der Waals surface area contributed by atoms with Crippen molar-refractivity contribution in [1.82, 2.24) is 10.2 Å². The van der Waals surface area contributed by atoms with Gasteiger partial charge in [-0.15, -0.1) is 0 Å². The Balaban J connectivity index is 2.00. The Bertz CT molecular complexity index is 297. The lowest BCUT2D eigenvalue weighted by Crippen LogP contribution is -2.31. The molecular weight excluding hydrogens is 184 g/mol. The molecule has 2 nitrogen and oxygen atoms in total. The van der Waals surface area contributed by atoms with Crippen LogP contribution in [-0.4, -0.2) is 31.1 Å². The number of nitrogens with one attached hydrogen (secondary N) is 1. The van der Waals surface area contributed by atoms with Crippen LogP contribution in [0.5, 0.6) is 0 Å². The Morgan fingerprint density at radius 3 is 2.67 bits per heavy atom. The molecule has 0 spiro atoms. The lowest BCUT2D eigenvalue weighted by molar-refractivity contribution is 0.257. The van der Waals surface area contributed by atoms with Crippen molar-refractivity contribution in [3.63, 3.8) is 0 Å². The van der Waals surface area contributed by atoms with Crippen molar-refractivity contribution in [2.24, 2.45) is 0 Å². The van der Waals surface area contributed by atoms with Gasteiger partial charge >= 0.3 is 0 Å². The molecule has 0 radical (unpaired) electrons. The van der Waals surface area contributed by atoms with E-state index in [0.717, 1.165) is 0 Å². The average Bonchev–Trinajstić information content (AvgIpc) is 2.78. The smallest absolute Gasteiger partial charge is 0.0320 e. The second kappa shape index (κ2) is 4.77. The van der Waals surface area contributed by atoms with E-state index in [0.29, 0.717) is 12.1 Å². The molecule has 82 valence electrons. The fraction of sp³-hybridized carbons (Fsp3) is 0.538. The Morgan fingerprint density at radius 1 is 1.33 bits per heavy atom. The highest BCUT2D eigenvalue weighted by molar-refractivity contribution is 5.18. The molecule has 1 aliphatic heterocycles. The summed E-state index contributed by atoms with van der Waals surface area (Å²) in [7, 11) is 2.06. The topological polar surface area (TPSA) is 15.3 Å². The summed E-state index contributed by atoms with van der Waals surface area (Å²) in [5, 5.41) is 3.36. The van der Waals surface area contributed by atoms with Gasteiger partial charge in [0, 0.05) is 25.2 Å². The molecule has 2 heteroatoms. The van der Waals surface area contributed by atoms with Crippen molar-refractivity contribution in [3.05, 3.63) is 35.9 Å². The standard InChI is InChI=1S/C13H20N2/c1-11(12-6-4-3-5-7-12)15-9-8-13(10-15)14-2/h3-7,11,13-14H,8-10H2,1-2H3/t11-,13+/m1/s1. The summed E-state index contributed by atoms with van der Waals surface area (Å²) in [6, 6.07) is 12.0. The maximum absolute atomic E-state index is 3.36. The SMILES string of the molecule is CN[C@H]1CCN([C@H](C)c2ccccc2)C1. The zero-order valence-corrected chi connectivity index (χ0v) is 9.61. The van der Waals surface area contributed by atoms with Gasteiger partial charge in [-0.25, -0.2) is 0 Å². The summed E-state index contributed by atoms with van der Waals surface area (Å²) in [6.45, 7) is 4.68. The van der Waals surface area contributed by atoms with Crippen molar-refractivity contribution in [2.45, 2.75) is 25.4 Å². The first kappa shape index (κ1) is 10.7. The highest BCUT2D eigenvalue weighted by Gasteiger charge is 2.25. The number of nitrogens with zero attached hydrogens (tertiary/aromatic N) is 1. The number of likely N-dealkylation sites (tertiary alicyclic amines) is 1. The second-order valence-electron chi connectivity index (χ2n) is 4.36. The van der Waals surface area contributed by atoms with Crippen molar-refractivity contribution in [2.75, 3.05) is 20.1 Å². The van der Waals surface area contributed by atoms with Gasteiger partial charge in [0.1, 0.15) is 0 Å². The van der Waals surface area contributed by atoms with Crippen molar-refractivity contribution >= 4 is 0 Å². The van der Waals surface area contributed by atoms with Gasteiger partial charge in [-0.05, 0) is 26.0 Å². The first-order valence-electron chi connectivity index (χ1n) is 5.77. The second-order valence-corrected chi connectivity index (χ2v) is 4.36. The zero-order valence-electron chi connectivity index (χ0n) is 9.61. The molecule has 2 atom stereocenters. The van der Waals surface area contributed by atoms with Crippen LogP contribution >= 0.6 is 0 Å². The fourth-order valence-electron chi connectivity index (χ4n) is 2.32. The normalized spacial score (nSPS) is 24.3. The number of rotatable bonds is 3. The van der Waals surface area contributed by atoms with Gasteiger partial charge in [-0.2, -0.15) is 0 Å². The minimum absolute atomic E-state index is 0.546. The molecular formula is C13H20N2. The summed E-state index contributed by atoms with van der Waals surface area (Å²) in [4.78, 5) is 2.55. The zero-order chi connectivity index (χ0) is 10.7. The van der Waals surface area contributed by atoms with Crippen LogP contribution in [0, 0.1) is 0 Å². The summed E-state index contributed by atoms with van der Waals surface area (Å²) in [5.74, 6) is 0. The quantitative estimate of drug-likeness (QED) is 0.810. The molecule has 0 aromatic heterocycles. The van der Waals surface area contributed by atoms with E-state index >= 15 is 0 Å². The maximum atomic E-state index is 3.36. The molecule has 0 amide bonds. The van der Waals surface area contributed by atoms with Gasteiger partial charge in [-0.3, -0.25) is 4.90 Å². The first-order chi connectivity index (χ1) is 7.31. The van der Waals surface area contributed by atoms with Crippen LogP contribution < -0.4 is 5.32 Å². The van der Waals surface area contributed by atoms with E-state index in [4.69, 9.17) is 0 Å². The van der Waals surface area contributed by atoms with Gasteiger partial charge in [-0.1, -0.05) is 30.3 Å². The molecule has 2 rings (SSSR count). The van der Waals surface area contributed by atoms with E-state index in [-0.39, 0.29) is 0 Å². The van der Waals surface area contributed by atoms with E-state index in [9.17, 15) is 0 Å². The molecule has 1 aromatic carbocycles. The van der Waals surface area contributed by atoms with Crippen LogP contribution in [0.2, 0.25) is 0 Å². The largest absolute Gasteiger partial charge is 0.316 e. The molecule has 1 aliphatic rings. The highest BCUT2D eigenvalue weighted by atomic mass is 15.2. The lowest BCUT2D eigenvalue weighted by atomic mass is 10.1. The van der Waals surface area contributed by atoms with Crippen molar-refractivity contribution in [3.8, 4) is 0 Å². The Labute approximate surface area is 92.3 Å². The fourth-order valence-corrected chi connectivity index (χ4v) is 2.32. The lowest BCUT2D eigenvalue weighted by Gasteiger charge is -2.24. The number of hydrogen-bond donors (Lipinski definition) is 1. The molecule has 1 fully saturated rings. The summed E-state index contributed by atoms with van der Waals surface area (Å²) < 4.78 is 0. The van der Waals surface area contributed by atoms with Crippen molar-refractivity contribution in [1.29, 1.82) is 0 Å². The molecule has 0 bridgehead atoms. The Morgan fingerprint density at radius 2 is 2.07 bits per heavy atom.